The molecule has 0 aliphatic carbocycles. The number of benzene rings is 1. The average Bonchev–Trinajstić information content (AvgIpc) is 2.57. The number of rotatable bonds is 2. The van der Waals surface area contributed by atoms with E-state index in [0.29, 0.717) is 19.6 Å². The fourth-order valence-electron chi connectivity index (χ4n) is 1.92. The summed E-state index contributed by atoms with van der Waals surface area (Å²) in [6, 6.07) is 4.17. The maximum atomic E-state index is 13.8. The van der Waals surface area contributed by atoms with Gasteiger partial charge < -0.3 is 5.32 Å². The first-order valence-corrected chi connectivity index (χ1v) is 7.91. The van der Waals surface area contributed by atoms with Gasteiger partial charge in [-0.25, -0.2) is 12.8 Å². The molecule has 1 fully saturated rings. The largest absolute Gasteiger partial charge is 0.315 e. The molecule has 4 nitrogen and oxygen atoms in total. The summed E-state index contributed by atoms with van der Waals surface area (Å²) >= 11 is 3.11. The SMILES string of the molecule is O=S(=O)(c1c(F)cccc1Br)N1CCCNCC1. The molecule has 1 N–H and O–H groups in total. The minimum absolute atomic E-state index is 0.264. The number of sulfonamides is 1. The zero-order valence-corrected chi connectivity index (χ0v) is 12.1. The van der Waals surface area contributed by atoms with Crippen molar-refractivity contribution in [3.05, 3.63) is 28.5 Å². The minimum Gasteiger partial charge on any atom is -0.315 e. The summed E-state index contributed by atoms with van der Waals surface area (Å²) in [5, 5.41) is 3.12. The van der Waals surface area contributed by atoms with Gasteiger partial charge in [-0.05, 0) is 41.0 Å². The van der Waals surface area contributed by atoms with E-state index in [1.54, 1.807) is 0 Å². The highest BCUT2D eigenvalue weighted by Crippen LogP contribution is 2.27. The lowest BCUT2D eigenvalue weighted by Gasteiger charge is -2.20. The van der Waals surface area contributed by atoms with E-state index >= 15 is 0 Å². The van der Waals surface area contributed by atoms with Crippen LogP contribution in [0.25, 0.3) is 0 Å². The number of hydrogen-bond acceptors (Lipinski definition) is 3. The Kier molecular flexibility index (Phi) is 4.37. The van der Waals surface area contributed by atoms with Crippen molar-refractivity contribution in [1.82, 2.24) is 9.62 Å². The van der Waals surface area contributed by atoms with Crippen molar-refractivity contribution in [3.63, 3.8) is 0 Å². The summed E-state index contributed by atoms with van der Waals surface area (Å²) < 4.78 is 40.2. The van der Waals surface area contributed by atoms with Crippen molar-refractivity contribution >= 4 is 26.0 Å². The number of nitrogens with one attached hydrogen (secondary N) is 1. The smallest absolute Gasteiger partial charge is 0.247 e. The van der Waals surface area contributed by atoms with Gasteiger partial charge in [0.05, 0.1) is 0 Å². The fourth-order valence-corrected chi connectivity index (χ4v) is 4.46. The lowest BCUT2D eigenvalue weighted by Crippen LogP contribution is -2.34. The van der Waals surface area contributed by atoms with Gasteiger partial charge in [0.25, 0.3) is 0 Å². The third kappa shape index (κ3) is 2.74. The first-order chi connectivity index (χ1) is 8.53. The second-order valence-corrected chi connectivity index (χ2v) is 6.79. The Labute approximate surface area is 114 Å². The molecule has 0 bridgehead atoms. The van der Waals surface area contributed by atoms with Crippen molar-refractivity contribution in [2.75, 3.05) is 26.2 Å². The van der Waals surface area contributed by atoms with Crippen LogP contribution in [0.3, 0.4) is 0 Å². The van der Waals surface area contributed by atoms with E-state index in [9.17, 15) is 12.8 Å². The molecule has 1 aromatic carbocycles. The zero-order valence-electron chi connectivity index (χ0n) is 9.70. The van der Waals surface area contributed by atoms with Crippen LogP contribution < -0.4 is 5.32 Å². The van der Waals surface area contributed by atoms with E-state index in [0.717, 1.165) is 19.0 Å². The molecule has 1 aromatic rings. The Bertz CT molecular complexity index is 508. The molecule has 0 radical (unpaired) electrons. The highest BCUT2D eigenvalue weighted by molar-refractivity contribution is 9.10. The maximum absolute atomic E-state index is 13.8. The zero-order chi connectivity index (χ0) is 13.2. The summed E-state index contributed by atoms with van der Waals surface area (Å²) in [6.07, 6.45) is 0.727. The molecule has 0 saturated carbocycles. The van der Waals surface area contributed by atoms with Crippen LogP contribution in [0.15, 0.2) is 27.6 Å². The molecular formula is C11H14BrFN2O2S. The van der Waals surface area contributed by atoms with Gasteiger partial charge in [-0.2, -0.15) is 4.31 Å². The van der Waals surface area contributed by atoms with Crippen LogP contribution in [-0.2, 0) is 10.0 Å². The lowest BCUT2D eigenvalue weighted by atomic mass is 10.3. The molecule has 1 heterocycles. The number of nitrogens with zero attached hydrogens (tertiary/aromatic N) is 1. The van der Waals surface area contributed by atoms with Crippen LogP contribution in [0.5, 0.6) is 0 Å². The summed E-state index contributed by atoms with van der Waals surface area (Å²) in [5.41, 5.74) is 0. The van der Waals surface area contributed by atoms with E-state index in [1.807, 2.05) is 0 Å². The van der Waals surface area contributed by atoms with E-state index in [-0.39, 0.29) is 9.37 Å². The second kappa shape index (κ2) is 5.64. The standard InChI is InChI=1S/C11H14BrFN2O2S/c12-9-3-1-4-10(13)11(9)18(16,17)15-7-2-5-14-6-8-15/h1,3-4,14H,2,5-8H2. The van der Waals surface area contributed by atoms with Gasteiger partial charge in [-0.3, -0.25) is 0 Å². The van der Waals surface area contributed by atoms with Crippen LogP contribution in [0.4, 0.5) is 4.39 Å². The monoisotopic (exact) mass is 336 g/mol. The van der Waals surface area contributed by atoms with Gasteiger partial charge in [0.15, 0.2) is 0 Å². The second-order valence-electron chi connectivity index (χ2n) is 4.06. The van der Waals surface area contributed by atoms with Crippen LogP contribution in [-0.4, -0.2) is 38.9 Å². The molecule has 0 amide bonds. The van der Waals surface area contributed by atoms with Crippen molar-refractivity contribution in [2.24, 2.45) is 0 Å². The third-order valence-corrected chi connectivity index (χ3v) is 5.71. The van der Waals surface area contributed by atoms with E-state index in [2.05, 4.69) is 21.2 Å². The third-order valence-electron chi connectivity index (χ3n) is 2.82. The molecule has 1 aliphatic heterocycles. The quantitative estimate of drug-likeness (QED) is 0.891. The molecule has 0 spiro atoms. The molecule has 0 unspecified atom stereocenters. The molecule has 2 rings (SSSR count). The summed E-state index contributed by atoms with van der Waals surface area (Å²) in [6.45, 7) is 2.15. The molecule has 100 valence electrons. The average molecular weight is 337 g/mol. The predicted molar refractivity (Wildman–Crippen MR) is 70.3 cm³/mol. The van der Waals surface area contributed by atoms with Gasteiger partial charge in [0.1, 0.15) is 10.7 Å². The number of hydrogen-bond donors (Lipinski definition) is 1. The van der Waals surface area contributed by atoms with Crippen LogP contribution in [0.2, 0.25) is 0 Å². The molecular weight excluding hydrogens is 323 g/mol. The van der Waals surface area contributed by atoms with Crippen molar-refractivity contribution in [1.29, 1.82) is 0 Å². The Balaban J connectivity index is 2.41. The normalized spacial score (nSPS) is 18.6. The lowest BCUT2D eigenvalue weighted by molar-refractivity contribution is 0.427. The first kappa shape index (κ1) is 13.9. The Hall–Kier alpha value is -0.500. The van der Waals surface area contributed by atoms with Crippen LogP contribution >= 0.6 is 15.9 Å². The summed E-state index contributed by atoms with van der Waals surface area (Å²) in [5.74, 6) is -0.721. The Morgan fingerprint density at radius 3 is 2.78 bits per heavy atom. The van der Waals surface area contributed by atoms with Gasteiger partial charge in [0.2, 0.25) is 10.0 Å². The van der Waals surface area contributed by atoms with Crippen molar-refractivity contribution in [2.45, 2.75) is 11.3 Å². The van der Waals surface area contributed by atoms with Gasteiger partial charge >= 0.3 is 0 Å². The first-order valence-electron chi connectivity index (χ1n) is 5.68. The molecule has 1 saturated heterocycles. The van der Waals surface area contributed by atoms with Crippen LogP contribution in [0, 0.1) is 5.82 Å². The summed E-state index contributed by atoms with van der Waals surface area (Å²) in [4.78, 5) is -0.271. The van der Waals surface area contributed by atoms with Gasteiger partial charge in [-0.1, -0.05) is 6.07 Å². The Morgan fingerprint density at radius 1 is 1.28 bits per heavy atom. The Morgan fingerprint density at radius 2 is 2.06 bits per heavy atom. The van der Waals surface area contributed by atoms with Crippen LogP contribution in [0.1, 0.15) is 6.42 Å². The van der Waals surface area contributed by atoms with Crippen molar-refractivity contribution < 1.29 is 12.8 Å². The topological polar surface area (TPSA) is 49.4 Å². The highest BCUT2D eigenvalue weighted by atomic mass is 79.9. The molecule has 0 atom stereocenters. The molecule has 18 heavy (non-hydrogen) atoms. The fraction of sp³-hybridized carbons (Fsp3) is 0.455. The van der Waals surface area contributed by atoms with Crippen molar-refractivity contribution in [3.8, 4) is 0 Å². The highest BCUT2D eigenvalue weighted by Gasteiger charge is 2.29. The summed E-state index contributed by atoms with van der Waals surface area (Å²) in [7, 11) is -3.78. The maximum Gasteiger partial charge on any atom is 0.247 e. The minimum atomic E-state index is -3.78. The predicted octanol–water partition coefficient (Wildman–Crippen LogP) is 1.57. The van der Waals surface area contributed by atoms with E-state index < -0.39 is 15.8 Å². The molecule has 7 heteroatoms. The van der Waals surface area contributed by atoms with E-state index in [4.69, 9.17) is 0 Å². The van der Waals surface area contributed by atoms with E-state index in [1.165, 1.54) is 16.4 Å². The van der Waals surface area contributed by atoms with Gasteiger partial charge in [-0.15, -0.1) is 0 Å². The van der Waals surface area contributed by atoms with Gasteiger partial charge in [0, 0.05) is 24.1 Å². The number of halogens is 2. The molecule has 0 aromatic heterocycles. The molecule has 1 aliphatic rings.